The van der Waals surface area contributed by atoms with Gasteiger partial charge in [-0.3, -0.25) is 0 Å². The van der Waals surface area contributed by atoms with Gasteiger partial charge in [0.2, 0.25) is 5.88 Å². The number of hydrogen-bond donors (Lipinski definition) is 2. The Morgan fingerprint density at radius 3 is 2.17 bits per heavy atom. The number of methoxy groups -OCH3 is 2. The highest BCUT2D eigenvalue weighted by Crippen LogP contribution is 2.31. The minimum Gasteiger partial charge on any atom is -0.495 e. The average Bonchev–Trinajstić information content (AvgIpc) is 2.43. The van der Waals surface area contributed by atoms with Crippen LogP contribution >= 0.6 is 24.2 Å². The van der Waals surface area contributed by atoms with Crippen LogP contribution in [0.15, 0.2) is 18.2 Å². The second-order valence-electron chi connectivity index (χ2n) is 6.02. The van der Waals surface area contributed by atoms with Crippen molar-refractivity contribution in [3.05, 3.63) is 28.8 Å². The molecular formula is C17H23ClN2O2S. The SMILES string of the molecule is CC(C)(C)S.COc1cc2nc(OC)c(C(C)=N)cc2cc1Cl. The first-order chi connectivity index (χ1) is 10.6. The zero-order chi connectivity index (χ0) is 17.8. The number of fused-ring (bicyclic) bond motifs is 1. The van der Waals surface area contributed by atoms with Crippen molar-refractivity contribution in [2.75, 3.05) is 14.2 Å². The summed E-state index contributed by atoms with van der Waals surface area (Å²) in [4.78, 5) is 4.36. The monoisotopic (exact) mass is 354 g/mol. The van der Waals surface area contributed by atoms with Gasteiger partial charge in [-0.2, -0.15) is 12.6 Å². The summed E-state index contributed by atoms with van der Waals surface area (Å²) in [6.07, 6.45) is 0. The maximum atomic E-state index is 7.71. The Morgan fingerprint density at radius 1 is 1.17 bits per heavy atom. The second-order valence-corrected chi connectivity index (χ2v) is 7.77. The summed E-state index contributed by atoms with van der Waals surface area (Å²) in [5.74, 6) is 0.998. The molecule has 0 atom stereocenters. The van der Waals surface area contributed by atoms with Gasteiger partial charge in [-0.25, -0.2) is 4.98 Å². The Balaban J connectivity index is 0.000000463. The maximum absolute atomic E-state index is 7.71. The maximum Gasteiger partial charge on any atom is 0.222 e. The van der Waals surface area contributed by atoms with Crippen LogP contribution in [-0.4, -0.2) is 29.7 Å². The van der Waals surface area contributed by atoms with E-state index in [-0.39, 0.29) is 4.75 Å². The molecule has 4 nitrogen and oxygen atoms in total. The first kappa shape index (κ1) is 19.6. The quantitative estimate of drug-likeness (QED) is 0.601. The molecule has 1 heterocycles. The van der Waals surface area contributed by atoms with Crippen molar-refractivity contribution in [1.29, 1.82) is 5.41 Å². The molecule has 0 fully saturated rings. The molecule has 0 aliphatic heterocycles. The summed E-state index contributed by atoms with van der Waals surface area (Å²) in [5, 5.41) is 9.08. The van der Waals surface area contributed by atoms with Gasteiger partial charge >= 0.3 is 0 Å². The number of aromatic nitrogens is 1. The highest BCUT2D eigenvalue weighted by atomic mass is 35.5. The molecule has 1 N–H and O–H groups in total. The van der Waals surface area contributed by atoms with Gasteiger partial charge in [0, 0.05) is 21.9 Å². The fourth-order valence-corrected chi connectivity index (χ4v) is 1.99. The van der Waals surface area contributed by atoms with Crippen LogP contribution in [0.5, 0.6) is 11.6 Å². The van der Waals surface area contributed by atoms with Crippen molar-refractivity contribution in [3.63, 3.8) is 0 Å². The Morgan fingerprint density at radius 2 is 1.74 bits per heavy atom. The molecular weight excluding hydrogens is 332 g/mol. The Bertz CT molecular complexity index is 706. The summed E-state index contributed by atoms with van der Waals surface area (Å²) < 4.78 is 10.5. The molecule has 23 heavy (non-hydrogen) atoms. The first-order valence-corrected chi connectivity index (χ1v) is 7.89. The summed E-state index contributed by atoms with van der Waals surface area (Å²) in [7, 11) is 3.09. The second kappa shape index (κ2) is 7.88. The zero-order valence-electron chi connectivity index (χ0n) is 14.3. The van der Waals surface area contributed by atoms with Gasteiger partial charge in [0.25, 0.3) is 0 Å². The summed E-state index contributed by atoms with van der Waals surface area (Å²) >= 11 is 10.2. The van der Waals surface area contributed by atoms with E-state index in [0.29, 0.717) is 27.9 Å². The third kappa shape index (κ3) is 5.92. The van der Waals surface area contributed by atoms with Gasteiger partial charge in [-0.15, -0.1) is 0 Å². The van der Waals surface area contributed by atoms with Gasteiger partial charge in [0.05, 0.1) is 30.3 Å². The third-order valence-corrected chi connectivity index (χ3v) is 2.95. The van der Waals surface area contributed by atoms with E-state index in [0.717, 1.165) is 10.9 Å². The molecule has 0 unspecified atom stereocenters. The normalized spacial score (nSPS) is 10.8. The molecule has 0 spiro atoms. The van der Waals surface area contributed by atoms with Gasteiger partial charge in [-0.05, 0) is 19.1 Å². The van der Waals surface area contributed by atoms with E-state index in [1.807, 2.05) is 6.07 Å². The van der Waals surface area contributed by atoms with Crippen LogP contribution in [-0.2, 0) is 0 Å². The summed E-state index contributed by atoms with van der Waals surface area (Å²) in [6.45, 7) is 7.85. The van der Waals surface area contributed by atoms with E-state index in [2.05, 4.69) is 38.4 Å². The number of thiol groups is 1. The van der Waals surface area contributed by atoms with Gasteiger partial charge in [-0.1, -0.05) is 32.4 Å². The van der Waals surface area contributed by atoms with E-state index in [9.17, 15) is 0 Å². The van der Waals surface area contributed by atoms with Crippen LogP contribution < -0.4 is 9.47 Å². The number of hydrogen-bond acceptors (Lipinski definition) is 5. The van der Waals surface area contributed by atoms with Crippen LogP contribution in [0, 0.1) is 5.41 Å². The molecule has 2 aromatic rings. The molecule has 1 aromatic carbocycles. The Hall–Kier alpha value is -1.46. The molecule has 0 saturated heterocycles. The number of nitrogens with zero attached hydrogens (tertiary/aromatic N) is 1. The fraction of sp³-hybridized carbons (Fsp3) is 0.412. The molecule has 1 aromatic heterocycles. The lowest BCUT2D eigenvalue weighted by Gasteiger charge is -2.10. The molecule has 6 heteroatoms. The van der Waals surface area contributed by atoms with Crippen LogP contribution in [0.4, 0.5) is 0 Å². The zero-order valence-corrected chi connectivity index (χ0v) is 16.0. The molecule has 0 saturated carbocycles. The van der Waals surface area contributed by atoms with E-state index in [4.69, 9.17) is 26.5 Å². The Labute approximate surface area is 148 Å². The van der Waals surface area contributed by atoms with Gasteiger partial charge < -0.3 is 14.9 Å². The smallest absolute Gasteiger partial charge is 0.222 e. The van der Waals surface area contributed by atoms with E-state index in [1.54, 1.807) is 26.2 Å². The van der Waals surface area contributed by atoms with Gasteiger partial charge in [0.15, 0.2) is 0 Å². The predicted octanol–water partition coefficient (Wildman–Crippen LogP) is 5.01. The summed E-state index contributed by atoms with van der Waals surface area (Å²) in [6, 6.07) is 5.37. The van der Waals surface area contributed by atoms with Crippen LogP contribution in [0.3, 0.4) is 0 Å². The van der Waals surface area contributed by atoms with Crippen LogP contribution in [0.2, 0.25) is 5.02 Å². The lowest BCUT2D eigenvalue weighted by atomic mass is 10.1. The number of pyridine rings is 1. The van der Waals surface area contributed by atoms with Crippen molar-refractivity contribution in [2.45, 2.75) is 32.4 Å². The van der Waals surface area contributed by atoms with Crippen molar-refractivity contribution in [3.8, 4) is 11.6 Å². The van der Waals surface area contributed by atoms with E-state index in [1.165, 1.54) is 7.11 Å². The van der Waals surface area contributed by atoms with Crippen molar-refractivity contribution < 1.29 is 9.47 Å². The largest absolute Gasteiger partial charge is 0.495 e. The lowest BCUT2D eigenvalue weighted by molar-refractivity contribution is 0.398. The number of benzene rings is 1. The summed E-state index contributed by atoms with van der Waals surface area (Å²) in [5.41, 5.74) is 1.78. The standard InChI is InChI=1S/C13H13ClN2O2.C4H10S/c1-7(15)9-4-8-5-10(14)12(17-2)6-11(8)16-13(9)18-3;1-4(2,3)5/h4-6,15H,1-3H3;5H,1-3H3. The minimum atomic E-state index is 0.194. The number of halogens is 1. The molecule has 0 aliphatic carbocycles. The molecule has 0 amide bonds. The van der Waals surface area contributed by atoms with Crippen LogP contribution in [0.1, 0.15) is 33.3 Å². The number of rotatable bonds is 3. The van der Waals surface area contributed by atoms with Crippen LogP contribution in [0.25, 0.3) is 10.9 Å². The Kier molecular flexibility index (Phi) is 6.71. The molecule has 126 valence electrons. The fourth-order valence-electron chi connectivity index (χ4n) is 1.74. The van der Waals surface area contributed by atoms with Gasteiger partial charge in [0.1, 0.15) is 5.75 Å². The first-order valence-electron chi connectivity index (χ1n) is 7.07. The lowest BCUT2D eigenvalue weighted by Crippen LogP contribution is -2.00. The minimum absolute atomic E-state index is 0.194. The van der Waals surface area contributed by atoms with Crippen molar-refractivity contribution >= 4 is 40.8 Å². The van der Waals surface area contributed by atoms with E-state index >= 15 is 0 Å². The highest BCUT2D eigenvalue weighted by Gasteiger charge is 2.11. The average molecular weight is 355 g/mol. The van der Waals surface area contributed by atoms with Crippen molar-refractivity contribution in [1.82, 2.24) is 4.98 Å². The highest BCUT2D eigenvalue weighted by molar-refractivity contribution is 7.81. The molecule has 0 radical (unpaired) electrons. The predicted molar refractivity (Wildman–Crippen MR) is 101 cm³/mol. The van der Waals surface area contributed by atoms with Crippen molar-refractivity contribution in [2.24, 2.45) is 0 Å². The number of ether oxygens (including phenoxy) is 2. The third-order valence-electron chi connectivity index (χ3n) is 2.65. The van der Waals surface area contributed by atoms with E-state index < -0.39 is 0 Å². The topological polar surface area (TPSA) is 55.2 Å². The molecule has 2 rings (SSSR count). The molecule has 0 aliphatic rings. The number of nitrogens with one attached hydrogen (secondary N) is 1. The molecule has 0 bridgehead atoms.